The third kappa shape index (κ3) is 7.81. The lowest BCUT2D eigenvalue weighted by Crippen LogP contribution is -2.64. The van der Waals surface area contributed by atoms with Crippen LogP contribution in [-0.4, -0.2) is 98.1 Å². The second-order valence-corrected chi connectivity index (χ2v) is 5.48. The number of carbonyl (C=O) groups is 1. The molecule has 0 aromatic carbocycles. The minimum absolute atomic E-state index is 0.0977. The van der Waals surface area contributed by atoms with E-state index >= 15 is 0 Å². The first-order valence-corrected chi connectivity index (χ1v) is 8.18. The van der Waals surface area contributed by atoms with Gasteiger partial charge in [0.05, 0.1) is 39.6 Å². The highest BCUT2D eigenvalue weighted by Gasteiger charge is 2.45. The van der Waals surface area contributed by atoms with E-state index in [2.05, 4.69) is 15.3 Å². The van der Waals surface area contributed by atoms with E-state index in [9.17, 15) is 20.1 Å². The number of nitrogens with zero attached hydrogens (tertiary/aromatic N) is 3. The molecule has 1 saturated heterocycles. The van der Waals surface area contributed by atoms with E-state index in [0.717, 1.165) is 0 Å². The van der Waals surface area contributed by atoms with Gasteiger partial charge < -0.3 is 39.6 Å². The molecule has 12 nitrogen and oxygen atoms in total. The Hall–Kier alpha value is -1.50. The molecular weight excluding hydrogens is 352 g/mol. The smallest absolute Gasteiger partial charge is 0.217 e. The maximum absolute atomic E-state index is 11.3. The Morgan fingerprint density at radius 3 is 2.46 bits per heavy atom. The first-order valence-electron chi connectivity index (χ1n) is 8.18. The summed E-state index contributed by atoms with van der Waals surface area (Å²) in [6.07, 6.45) is -4.76. The van der Waals surface area contributed by atoms with Crippen LogP contribution >= 0.6 is 0 Å². The zero-order chi connectivity index (χ0) is 19.4. The Labute approximate surface area is 150 Å². The van der Waals surface area contributed by atoms with Crippen molar-refractivity contribution in [2.75, 3.05) is 46.2 Å². The van der Waals surface area contributed by atoms with Gasteiger partial charge >= 0.3 is 0 Å². The fourth-order valence-corrected chi connectivity index (χ4v) is 2.31. The summed E-state index contributed by atoms with van der Waals surface area (Å²) in [5.74, 6) is -0.421. The monoisotopic (exact) mass is 378 g/mol. The lowest BCUT2D eigenvalue weighted by atomic mass is 9.97. The number of azide groups is 1. The molecule has 0 radical (unpaired) electrons. The van der Waals surface area contributed by atoms with Crippen molar-refractivity contribution in [2.24, 2.45) is 5.11 Å². The van der Waals surface area contributed by atoms with E-state index in [1.165, 1.54) is 6.92 Å². The van der Waals surface area contributed by atoms with Crippen LogP contribution in [0.1, 0.15) is 6.92 Å². The number of hydrogen-bond donors (Lipinski definition) is 4. The highest BCUT2D eigenvalue weighted by Crippen LogP contribution is 2.22. The highest BCUT2D eigenvalue weighted by atomic mass is 16.7. The number of rotatable bonds is 12. The Bertz CT molecular complexity index is 462. The third-order valence-electron chi connectivity index (χ3n) is 3.53. The van der Waals surface area contributed by atoms with Gasteiger partial charge in [0.1, 0.15) is 24.4 Å². The molecule has 0 aromatic heterocycles. The van der Waals surface area contributed by atoms with Gasteiger partial charge in [0.2, 0.25) is 5.91 Å². The van der Waals surface area contributed by atoms with Gasteiger partial charge in [0.25, 0.3) is 0 Å². The van der Waals surface area contributed by atoms with Crippen LogP contribution in [0, 0.1) is 0 Å². The molecule has 1 fully saturated rings. The normalized spacial score (nSPS) is 28.4. The maximum Gasteiger partial charge on any atom is 0.217 e. The second kappa shape index (κ2) is 12.8. The minimum atomic E-state index is -1.35. The first-order chi connectivity index (χ1) is 12.5. The SMILES string of the molecule is CC(=O)N[C@@H]1[C@H](OCCOCCOCCN=[N+]=[N-])O[C@@H](CO)[C@H](O)[C@@H]1O. The van der Waals surface area contributed by atoms with Crippen molar-refractivity contribution in [2.45, 2.75) is 37.6 Å². The van der Waals surface area contributed by atoms with Crippen LogP contribution < -0.4 is 5.32 Å². The van der Waals surface area contributed by atoms with Crippen molar-refractivity contribution in [3.8, 4) is 0 Å². The number of ether oxygens (including phenoxy) is 4. The molecule has 12 heteroatoms. The molecule has 1 aliphatic rings. The fourth-order valence-electron chi connectivity index (χ4n) is 2.31. The molecule has 4 N–H and O–H groups in total. The van der Waals surface area contributed by atoms with E-state index < -0.39 is 43.2 Å². The molecule has 0 bridgehead atoms. The topological polar surface area (TPSA) is 175 Å². The second-order valence-electron chi connectivity index (χ2n) is 5.48. The third-order valence-corrected chi connectivity index (χ3v) is 3.53. The van der Waals surface area contributed by atoms with Gasteiger partial charge in [-0.05, 0) is 5.53 Å². The largest absolute Gasteiger partial charge is 0.394 e. The fraction of sp³-hybridized carbons (Fsp3) is 0.929. The van der Waals surface area contributed by atoms with Gasteiger partial charge in [-0.25, -0.2) is 0 Å². The van der Waals surface area contributed by atoms with Crippen LogP contribution in [0.25, 0.3) is 10.4 Å². The van der Waals surface area contributed by atoms with Crippen molar-refractivity contribution in [1.82, 2.24) is 5.32 Å². The maximum atomic E-state index is 11.3. The summed E-state index contributed by atoms with van der Waals surface area (Å²) in [6, 6.07) is -0.977. The number of aliphatic hydroxyl groups excluding tert-OH is 3. The van der Waals surface area contributed by atoms with Gasteiger partial charge in [0, 0.05) is 18.4 Å². The summed E-state index contributed by atoms with van der Waals surface area (Å²) >= 11 is 0. The summed E-state index contributed by atoms with van der Waals surface area (Å²) in [6.45, 7) is 2.25. The van der Waals surface area contributed by atoms with Crippen LogP contribution in [0.3, 0.4) is 0 Å². The Kier molecular flexibility index (Phi) is 11.1. The average Bonchev–Trinajstić information content (AvgIpc) is 2.62. The van der Waals surface area contributed by atoms with Crippen molar-refractivity contribution >= 4 is 5.91 Å². The quantitative estimate of drug-likeness (QED) is 0.134. The summed E-state index contributed by atoms with van der Waals surface area (Å²) in [7, 11) is 0. The molecule has 150 valence electrons. The van der Waals surface area contributed by atoms with E-state index in [1.807, 2.05) is 0 Å². The molecule has 0 spiro atoms. The van der Waals surface area contributed by atoms with Crippen molar-refractivity contribution in [3.63, 3.8) is 0 Å². The number of aliphatic hydroxyl groups is 3. The minimum Gasteiger partial charge on any atom is -0.394 e. The van der Waals surface area contributed by atoms with Crippen LogP contribution in [0.4, 0.5) is 0 Å². The van der Waals surface area contributed by atoms with E-state index in [0.29, 0.717) is 19.8 Å². The van der Waals surface area contributed by atoms with Crippen LogP contribution in [-0.2, 0) is 23.7 Å². The lowest BCUT2D eigenvalue weighted by Gasteiger charge is -2.42. The van der Waals surface area contributed by atoms with Gasteiger partial charge in [-0.1, -0.05) is 5.11 Å². The number of carbonyl (C=O) groups excluding carboxylic acids is 1. The average molecular weight is 378 g/mol. The zero-order valence-corrected chi connectivity index (χ0v) is 14.6. The molecule has 0 aliphatic carbocycles. The van der Waals surface area contributed by atoms with Crippen molar-refractivity contribution in [3.05, 3.63) is 10.4 Å². The number of hydrogen-bond acceptors (Lipinski definition) is 9. The standard InChI is InChI=1S/C14H26N4O8/c1-9(20)17-11-13(22)12(21)10(8-19)26-14(11)25-7-6-24-5-4-23-3-2-16-18-15/h10-14,19,21-22H,2-8H2,1H3,(H,17,20)/t10-,11-,12-,13+,14+/m0/s1. The molecule has 1 heterocycles. The van der Waals surface area contributed by atoms with Gasteiger partial charge in [-0.2, -0.15) is 0 Å². The Morgan fingerprint density at radius 1 is 1.19 bits per heavy atom. The van der Waals surface area contributed by atoms with E-state index in [-0.39, 0.29) is 19.8 Å². The molecule has 1 amide bonds. The molecule has 5 atom stereocenters. The van der Waals surface area contributed by atoms with Gasteiger partial charge in [0.15, 0.2) is 6.29 Å². The van der Waals surface area contributed by atoms with Crippen molar-refractivity contribution in [1.29, 1.82) is 0 Å². The van der Waals surface area contributed by atoms with Gasteiger partial charge in [-0.15, -0.1) is 0 Å². The summed E-state index contributed by atoms with van der Waals surface area (Å²) < 4.78 is 21.3. The number of amides is 1. The predicted octanol–water partition coefficient (Wildman–Crippen LogP) is -1.71. The Balaban J connectivity index is 2.30. The Morgan fingerprint density at radius 2 is 1.85 bits per heavy atom. The van der Waals surface area contributed by atoms with E-state index in [4.69, 9.17) is 24.5 Å². The van der Waals surface area contributed by atoms with Crippen LogP contribution in [0.5, 0.6) is 0 Å². The molecular formula is C14H26N4O8. The highest BCUT2D eigenvalue weighted by molar-refractivity contribution is 5.73. The molecule has 1 aliphatic heterocycles. The summed E-state index contributed by atoms with van der Waals surface area (Å²) in [4.78, 5) is 13.9. The zero-order valence-electron chi connectivity index (χ0n) is 14.6. The van der Waals surface area contributed by atoms with Crippen molar-refractivity contribution < 1.29 is 39.1 Å². The summed E-state index contributed by atoms with van der Waals surface area (Å²) in [5.41, 5.74) is 8.09. The van der Waals surface area contributed by atoms with Crippen LogP contribution in [0.15, 0.2) is 5.11 Å². The first kappa shape index (κ1) is 22.5. The van der Waals surface area contributed by atoms with E-state index in [1.54, 1.807) is 0 Å². The molecule has 0 aromatic rings. The molecule has 26 heavy (non-hydrogen) atoms. The predicted molar refractivity (Wildman–Crippen MR) is 87.0 cm³/mol. The number of nitrogens with one attached hydrogen (secondary N) is 1. The molecule has 1 rings (SSSR count). The van der Waals surface area contributed by atoms with Gasteiger partial charge in [-0.3, -0.25) is 4.79 Å². The summed E-state index contributed by atoms with van der Waals surface area (Å²) in [5, 5.41) is 35.0. The lowest BCUT2D eigenvalue weighted by molar-refractivity contribution is -0.272. The molecule has 0 unspecified atom stereocenters. The van der Waals surface area contributed by atoms with Crippen LogP contribution in [0.2, 0.25) is 0 Å². The molecule has 0 saturated carbocycles.